The minimum atomic E-state index is -3.74. The average Bonchev–Trinajstić information content (AvgIpc) is 3.20. The second-order valence-corrected chi connectivity index (χ2v) is 8.72. The van der Waals surface area contributed by atoms with Gasteiger partial charge in [0.05, 0.1) is 16.3 Å². The largest absolute Gasteiger partial charge is 0.506 e. The van der Waals surface area contributed by atoms with Gasteiger partial charge < -0.3 is 10.4 Å². The molecular formula is C20H21ClN4O4S. The smallest absolute Gasteiger partial charge is 0.276 e. The molecule has 0 saturated carbocycles. The first-order valence-corrected chi connectivity index (χ1v) is 11.0. The third kappa shape index (κ3) is 4.48. The van der Waals surface area contributed by atoms with Crippen LogP contribution in [-0.4, -0.2) is 46.6 Å². The van der Waals surface area contributed by atoms with Gasteiger partial charge in [0.1, 0.15) is 5.75 Å². The van der Waals surface area contributed by atoms with E-state index in [-0.39, 0.29) is 22.0 Å². The average molecular weight is 449 g/mol. The number of anilines is 1. The standard InChI is InChI=1S/C20H21ClN4O4S/c1-3-24(4-2)30(28,29)16-8-9-19(26)18(13-16)22-20(27)17-10-11-25(23-17)15-7-5-6-14(21)12-15/h5-13,26H,3-4H2,1-2H3,(H,22,27). The SMILES string of the molecule is CCN(CC)S(=O)(=O)c1ccc(O)c(NC(=O)c2ccn(-c3cccc(Cl)c3)n2)c1. The number of aromatic nitrogens is 2. The maximum Gasteiger partial charge on any atom is 0.276 e. The number of amides is 1. The van der Waals surface area contributed by atoms with Gasteiger partial charge in [0.15, 0.2) is 5.69 Å². The van der Waals surface area contributed by atoms with Gasteiger partial charge >= 0.3 is 0 Å². The van der Waals surface area contributed by atoms with Crippen molar-refractivity contribution in [2.45, 2.75) is 18.7 Å². The van der Waals surface area contributed by atoms with Crippen molar-refractivity contribution in [2.75, 3.05) is 18.4 Å². The van der Waals surface area contributed by atoms with E-state index in [0.717, 1.165) is 0 Å². The van der Waals surface area contributed by atoms with Crippen LogP contribution in [0.5, 0.6) is 5.75 Å². The number of halogens is 1. The van der Waals surface area contributed by atoms with Crippen LogP contribution in [0.15, 0.2) is 59.6 Å². The van der Waals surface area contributed by atoms with Crippen molar-refractivity contribution in [3.8, 4) is 11.4 Å². The predicted molar refractivity (Wildman–Crippen MR) is 115 cm³/mol. The molecular weight excluding hydrogens is 428 g/mol. The zero-order valence-corrected chi connectivity index (χ0v) is 18.0. The summed E-state index contributed by atoms with van der Waals surface area (Å²) in [6, 6.07) is 12.2. The van der Waals surface area contributed by atoms with Gasteiger partial charge in [-0.3, -0.25) is 4.79 Å². The van der Waals surface area contributed by atoms with Crippen molar-refractivity contribution in [3.05, 3.63) is 65.4 Å². The molecule has 0 unspecified atom stereocenters. The van der Waals surface area contributed by atoms with Gasteiger partial charge in [-0.15, -0.1) is 0 Å². The summed E-state index contributed by atoms with van der Waals surface area (Å²) in [6.07, 6.45) is 1.60. The summed E-state index contributed by atoms with van der Waals surface area (Å²) in [5, 5.41) is 17.4. The number of sulfonamides is 1. The van der Waals surface area contributed by atoms with Crippen LogP contribution < -0.4 is 5.32 Å². The number of aromatic hydroxyl groups is 1. The topological polar surface area (TPSA) is 105 Å². The van der Waals surface area contributed by atoms with Gasteiger partial charge in [-0.1, -0.05) is 31.5 Å². The molecule has 2 N–H and O–H groups in total. The maximum absolute atomic E-state index is 12.7. The number of benzene rings is 2. The number of nitrogens with zero attached hydrogens (tertiary/aromatic N) is 3. The molecule has 0 aliphatic carbocycles. The Hall–Kier alpha value is -2.88. The number of carbonyl (C=O) groups excluding carboxylic acids is 1. The van der Waals surface area contributed by atoms with Crippen molar-refractivity contribution in [2.24, 2.45) is 0 Å². The van der Waals surface area contributed by atoms with Crippen LogP contribution in [-0.2, 0) is 10.0 Å². The van der Waals surface area contributed by atoms with E-state index in [1.165, 1.54) is 33.3 Å². The third-order valence-corrected chi connectivity index (χ3v) is 6.73. The Morgan fingerprint density at radius 2 is 1.90 bits per heavy atom. The number of hydrogen-bond acceptors (Lipinski definition) is 5. The van der Waals surface area contributed by atoms with Crippen LogP contribution in [0.3, 0.4) is 0 Å². The molecule has 1 amide bonds. The van der Waals surface area contributed by atoms with Crippen molar-refractivity contribution in [1.29, 1.82) is 0 Å². The lowest BCUT2D eigenvalue weighted by atomic mass is 10.3. The molecule has 0 spiro atoms. The number of nitrogens with one attached hydrogen (secondary N) is 1. The second kappa shape index (κ2) is 8.86. The minimum Gasteiger partial charge on any atom is -0.506 e. The molecule has 3 rings (SSSR count). The number of carbonyl (C=O) groups is 1. The highest BCUT2D eigenvalue weighted by Crippen LogP contribution is 2.28. The van der Waals surface area contributed by atoms with Gasteiger partial charge in [-0.25, -0.2) is 13.1 Å². The highest BCUT2D eigenvalue weighted by molar-refractivity contribution is 7.89. The first-order valence-electron chi connectivity index (χ1n) is 9.22. The summed E-state index contributed by atoms with van der Waals surface area (Å²) in [7, 11) is -3.74. The van der Waals surface area contributed by atoms with E-state index >= 15 is 0 Å². The van der Waals surface area contributed by atoms with E-state index in [1.807, 2.05) is 0 Å². The van der Waals surface area contributed by atoms with Crippen molar-refractivity contribution >= 4 is 33.2 Å². The van der Waals surface area contributed by atoms with E-state index in [2.05, 4.69) is 10.4 Å². The van der Waals surface area contributed by atoms with Crippen LogP contribution in [0.4, 0.5) is 5.69 Å². The summed E-state index contributed by atoms with van der Waals surface area (Å²) in [5.41, 5.74) is 0.744. The normalized spacial score (nSPS) is 11.6. The van der Waals surface area contributed by atoms with E-state index in [4.69, 9.17) is 11.6 Å². The summed E-state index contributed by atoms with van der Waals surface area (Å²) in [4.78, 5) is 12.6. The molecule has 158 valence electrons. The molecule has 0 atom stereocenters. The third-order valence-electron chi connectivity index (χ3n) is 4.45. The second-order valence-electron chi connectivity index (χ2n) is 6.35. The summed E-state index contributed by atoms with van der Waals surface area (Å²) >= 11 is 5.98. The molecule has 0 saturated heterocycles. The van der Waals surface area contributed by atoms with E-state index in [0.29, 0.717) is 23.8 Å². The van der Waals surface area contributed by atoms with Crippen LogP contribution >= 0.6 is 11.6 Å². The van der Waals surface area contributed by atoms with Crippen molar-refractivity contribution < 1.29 is 18.3 Å². The summed E-state index contributed by atoms with van der Waals surface area (Å²) in [5.74, 6) is -0.848. The first-order chi connectivity index (χ1) is 14.3. The molecule has 1 heterocycles. The molecule has 0 aliphatic heterocycles. The highest BCUT2D eigenvalue weighted by Gasteiger charge is 2.23. The number of phenols is 1. The Labute approximate surface area is 179 Å². The molecule has 2 aromatic carbocycles. The predicted octanol–water partition coefficient (Wildman–Crippen LogP) is 3.51. The Kier molecular flexibility index (Phi) is 6.45. The zero-order valence-electron chi connectivity index (χ0n) is 16.4. The van der Waals surface area contributed by atoms with E-state index < -0.39 is 15.9 Å². The quantitative estimate of drug-likeness (QED) is 0.538. The van der Waals surface area contributed by atoms with Crippen LogP contribution in [0.25, 0.3) is 5.69 Å². The Morgan fingerprint density at radius 1 is 1.17 bits per heavy atom. The molecule has 10 heteroatoms. The fraction of sp³-hybridized carbons (Fsp3) is 0.200. The number of rotatable bonds is 7. The van der Waals surface area contributed by atoms with Crippen molar-refractivity contribution in [1.82, 2.24) is 14.1 Å². The minimum absolute atomic E-state index is 0.0227. The molecule has 0 fully saturated rings. The van der Waals surface area contributed by atoms with Crippen molar-refractivity contribution in [3.63, 3.8) is 0 Å². The first kappa shape index (κ1) is 21.8. The fourth-order valence-electron chi connectivity index (χ4n) is 2.88. The van der Waals surface area contributed by atoms with E-state index in [9.17, 15) is 18.3 Å². The molecule has 30 heavy (non-hydrogen) atoms. The van der Waals surface area contributed by atoms with Gasteiger partial charge in [-0.2, -0.15) is 9.40 Å². The van der Waals surface area contributed by atoms with Gasteiger partial charge in [0.25, 0.3) is 5.91 Å². The lowest BCUT2D eigenvalue weighted by Gasteiger charge is -2.19. The Bertz CT molecular complexity index is 1170. The fourth-order valence-corrected chi connectivity index (χ4v) is 4.55. The molecule has 0 radical (unpaired) electrons. The van der Waals surface area contributed by atoms with Gasteiger partial charge in [0.2, 0.25) is 10.0 Å². The molecule has 1 aromatic heterocycles. The van der Waals surface area contributed by atoms with Gasteiger partial charge in [0, 0.05) is 24.3 Å². The van der Waals surface area contributed by atoms with Crippen LogP contribution in [0.2, 0.25) is 5.02 Å². The maximum atomic E-state index is 12.7. The molecule has 3 aromatic rings. The van der Waals surface area contributed by atoms with Crippen LogP contribution in [0, 0.1) is 0 Å². The summed E-state index contributed by atoms with van der Waals surface area (Å²) in [6.45, 7) is 4.09. The molecule has 0 aliphatic rings. The van der Waals surface area contributed by atoms with Crippen LogP contribution in [0.1, 0.15) is 24.3 Å². The zero-order chi connectivity index (χ0) is 21.9. The number of hydrogen-bond donors (Lipinski definition) is 2. The monoisotopic (exact) mass is 448 g/mol. The summed E-state index contributed by atoms with van der Waals surface area (Å²) < 4.78 is 28.2. The highest BCUT2D eigenvalue weighted by atomic mass is 35.5. The van der Waals surface area contributed by atoms with E-state index in [1.54, 1.807) is 44.3 Å². The lowest BCUT2D eigenvalue weighted by Crippen LogP contribution is -2.30. The lowest BCUT2D eigenvalue weighted by molar-refractivity contribution is 0.102. The van der Waals surface area contributed by atoms with Gasteiger partial charge in [-0.05, 0) is 42.5 Å². The molecule has 0 bridgehead atoms. The Balaban J connectivity index is 1.85. The Morgan fingerprint density at radius 3 is 2.57 bits per heavy atom. The number of phenolic OH excluding ortho intramolecular Hbond substituents is 1. The molecule has 8 nitrogen and oxygen atoms in total.